The molecule has 0 aliphatic carbocycles. The zero-order valence-electron chi connectivity index (χ0n) is 13.8. The highest BCUT2D eigenvalue weighted by Gasteiger charge is 2.37. The SMILES string of the molecule is CC(=O)C1=NN(c2cccc(Cl)c2C)C[C@H]1C(=O)OCC(C)C. The number of ether oxygens (including phenoxy) is 1. The number of halogens is 1. The third-order valence-electron chi connectivity index (χ3n) is 3.64. The van der Waals surface area contributed by atoms with E-state index in [1.54, 1.807) is 11.1 Å². The van der Waals surface area contributed by atoms with Gasteiger partial charge in [-0.25, -0.2) is 0 Å². The van der Waals surface area contributed by atoms with Gasteiger partial charge in [0.05, 0.1) is 18.8 Å². The van der Waals surface area contributed by atoms with E-state index in [0.29, 0.717) is 11.6 Å². The maximum atomic E-state index is 12.3. The van der Waals surface area contributed by atoms with Gasteiger partial charge >= 0.3 is 5.97 Å². The molecule has 0 spiro atoms. The normalized spacial score (nSPS) is 17.4. The second kappa shape index (κ2) is 7.13. The fourth-order valence-electron chi connectivity index (χ4n) is 2.38. The Balaban J connectivity index is 2.25. The Bertz CT molecular complexity index is 655. The second-order valence-corrected chi connectivity index (χ2v) is 6.49. The number of esters is 1. The summed E-state index contributed by atoms with van der Waals surface area (Å²) in [5, 5.41) is 6.60. The average molecular weight is 337 g/mol. The molecule has 0 fully saturated rings. The molecule has 23 heavy (non-hydrogen) atoms. The van der Waals surface area contributed by atoms with Crippen molar-refractivity contribution in [3.63, 3.8) is 0 Å². The number of hydrogen-bond acceptors (Lipinski definition) is 5. The van der Waals surface area contributed by atoms with Crippen LogP contribution in [0.1, 0.15) is 26.3 Å². The van der Waals surface area contributed by atoms with Crippen molar-refractivity contribution in [1.29, 1.82) is 0 Å². The highest BCUT2D eigenvalue weighted by molar-refractivity contribution is 6.43. The first-order valence-electron chi connectivity index (χ1n) is 7.60. The lowest BCUT2D eigenvalue weighted by molar-refractivity contribution is -0.147. The van der Waals surface area contributed by atoms with E-state index in [4.69, 9.17) is 16.3 Å². The van der Waals surface area contributed by atoms with Crippen LogP contribution in [-0.2, 0) is 14.3 Å². The Kier molecular flexibility index (Phi) is 5.42. The third kappa shape index (κ3) is 3.91. The van der Waals surface area contributed by atoms with Crippen LogP contribution >= 0.6 is 11.6 Å². The van der Waals surface area contributed by atoms with E-state index in [9.17, 15) is 9.59 Å². The standard InChI is InChI=1S/C17H21ClN2O3/c1-10(2)9-23-17(22)13-8-20(19-16(13)12(4)21)15-7-5-6-14(18)11(15)3/h5-7,10,13H,8-9H2,1-4H3/t13-/m1/s1. The number of benzene rings is 1. The first-order chi connectivity index (χ1) is 10.8. The van der Waals surface area contributed by atoms with Crippen molar-refractivity contribution in [1.82, 2.24) is 0 Å². The zero-order chi connectivity index (χ0) is 17.1. The van der Waals surface area contributed by atoms with Gasteiger partial charge in [0.2, 0.25) is 0 Å². The average Bonchev–Trinajstić information content (AvgIpc) is 2.93. The largest absolute Gasteiger partial charge is 0.465 e. The topological polar surface area (TPSA) is 59.0 Å². The Morgan fingerprint density at radius 1 is 1.43 bits per heavy atom. The molecule has 1 atom stereocenters. The van der Waals surface area contributed by atoms with Crippen LogP contribution in [0.25, 0.3) is 0 Å². The number of hydrogen-bond donors (Lipinski definition) is 0. The molecule has 1 aromatic carbocycles. The predicted octanol–water partition coefficient (Wildman–Crippen LogP) is 3.23. The van der Waals surface area contributed by atoms with Gasteiger partial charge in [-0.05, 0) is 30.5 Å². The Morgan fingerprint density at radius 2 is 2.13 bits per heavy atom. The molecule has 0 N–H and O–H groups in total. The van der Waals surface area contributed by atoms with Crippen molar-refractivity contribution in [3.05, 3.63) is 28.8 Å². The summed E-state index contributed by atoms with van der Waals surface area (Å²) in [6.45, 7) is 7.83. The number of hydrazone groups is 1. The summed E-state index contributed by atoms with van der Waals surface area (Å²) in [5.41, 5.74) is 1.88. The van der Waals surface area contributed by atoms with Crippen molar-refractivity contribution in [2.45, 2.75) is 27.7 Å². The van der Waals surface area contributed by atoms with E-state index in [-0.39, 0.29) is 24.0 Å². The van der Waals surface area contributed by atoms with E-state index in [2.05, 4.69) is 5.10 Å². The molecule has 0 aromatic heterocycles. The lowest BCUT2D eigenvalue weighted by Crippen LogP contribution is -2.32. The number of rotatable bonds is 5. The van der Waals surface area contributed by atoms with Crippen LogP contribution in [0.3, 0.4) is 0 Å². The first-order valence-corrected chi connectivity index (χ1v) is 7.97. The molecule has 0 saturated carbocycles. The first kappa shape index (κ1) is 17.5. The van der Waals surface area contributed by atoms with Crippen LogP contribution in [-0.4, -0.2) is 30.6 Å². The Labute approximate surface area is 141 Å². The minimum absolute atomic E-state index is 0.223. The lowest BCUT2D eigenvalue weighted by Gasteiger charge is -2.18. The van der Waals surface area contributed by atoms with Gasteiger partial charge in [0, 0.05) is 11.9 Å². The summed E-state index contributed by atoms with van der Waals surface area (Å²) in [7, 11) is 0. The fourth-order valence-corrected chi connectivity index (χ4v) is 2.55. The van der Waals surface area contributed by atoms with Crippen LogP contribution in [0.5, 0.6) is 0 Å². The van der Waals surface area contributed by atoms with Gasteiger partial charge in [-0.1, -0.05) is 31.5 Å². The highest BCUT2D eigenvalue weighted by atomic mass is 35.5. The summed E-state index contributed by atoms with van der Waals surface area (Å²) in [6, 6.07) is 5.47. The molecule has 0 amide bonds. The minimum atomic E-state index is -0.662. The molecule has 0 bridgehead atoms. The molecule has 5 nitrogen and oxygen atoms in total. The zero-order valence-corrected chi connectivity index (χ0v) is 14.6. The van der Waals surface area contributed by atoms with Gasteiger partial charge in [0.15, 0.2) is 5.78 Å². The molecule has 2 rings (SSSR count). The maximum absolute atomic E-state index is 12.3. The Morgan fingerprint density at radius 3 is 2.74 bits per heavy atom. The number of carbonyl (C=O) groups is 2. The molecule has 0 radical (unpaired) electrons. The molecule has 0 unspecified atom stereocenters. The van der Waals surface area contributed by atoms with Gasteiger partial charge in [-0.3, -0.25) is 14.6 Å². The molecule has 1 aliphatic rings. The quantitative estimate of drug-likeness (QED) is 0.774. The Hall–Kier alpha value is -1.88. The number of carbonyl (C=O) groups excluding carboxylic acids is 2. The van der Waals surface area contributed by atoms with Crippen LogP contribution < -0.4 is 5.01 Å². The fraction of sp³-hybridized carbons (Fsp3) is 0.471. The van der Waals surface area contributed by atoms with E-state index < -0.39 is 11.9 Å². The molecular weight excluding hydrogens is 316 g/mol. The predicted molar refractivity (Wildman–Crippen MR) is 90.9 cm³/mol. The molecule has 6 heteroatoms. The van der Waals surface area contributed by atoms with Crippen molar-refractivity contribution in [2.24, 2.45) is 16.9 Å². The monoisotopic (exact) mass is 336 g/mol. The van der Waals surface area contributed by atoms with E-state index >= 15 is 0 Å². The lowest BCUT2D eigenvalue weighted by atomic mass is 10.0. The van der Waals surface area contributed by atoms with E-state index in [1.807, 2.05) is 32.9 Å². The number of anilines is 1. The van der Waals surface area contributed by atoms with E-state index in [1.165, 1.54) is 6.92 Å². The summed E-state index contributed by atoms with van der Waals surface area (Å²) < 4.78 is 5.28. The molecular formula is C17H21ClN2O3. The summed E-state index contributed by atoms with van der Waals surface area (Å²) >= 11 is 6.14. The van der Waals surface area contributed by atoms with Crippen LogP contribution in [0.15, 0.2) is 23.3 Å². The third-order valence-corrected chi connectivity index (χ3v) is 4.04. The van der Waals surface area contributed by atoms with Crippen molar-refractivity contribution in [3.8, 4) is 0 Å². The molecule has 0 saturated heterocycles. The van der Waals surface area contributed by atoms with Crippen LogP contribution in [0, 0.1) is 18.8 Å². The molecule has 1 heterocycles. The van der Waals surface area contributed by atoms with E-state index in [0.717, 1.165) is 11.3 Å². The van der Waals surface area contributed by atoms with Crippen molar-refractivity contribution in [2.75, 3.05) is 18.2 Å². The van der Waals surface area contributed by atoms with Crippen molar-refractivity contribution < 1.29 is 14.3 Å². The molecule has 1 aromatic rings. The minimum Gasteiger partial charge on any atom is -0.465 e. The van der Waals surface area contributed by atoms with Gasteiger partial charge in [-0.2, -0.15) is 5.10 Å². The maximum Gasteiger partial charge on any atom is 0.317 e. The van der Waals surface area contributed by atoms with Gasteiger partial charge < -0.3 is 4.74 Å². The number of Topliss-reactive ketones (excluding diaryl/α,β-unsaturated/α-hetero) is 1. The smallest absolute Gasteiger partial charge is 0.317 e. The number of nitrogens with zero attached hydrogens (tertiary/aromatic N) is 2. The van der Waals surface area contributed by atoms with Gasteiger partial charge in [0.1, 0.15) is 11.6 Å². The molecule has 1 aliphatic heterocycles. The van der Waals surface area contributed by atoms with Gasteiger partial charge in [0.25, 0.3) is 0 Å². The highest BCUT2D eigenvalue weighted by Crippen LogP contribution is 2.30. The summed E-state index contributed by atoms with van der Waals surface area (Å²) in [5.74, 6) is -1.05. The second-order valence-electron chi connectivity index (χ2n) is 6.08. The van der Waals surface area contributed by atoms with Crippen LogP contribution in [0.2, 0.25) is 5.02 Å². The van der Waals surface area contributed by atoms with Gasteiger partial charge in [-0.15, -0.1) is 0 Å². The number of ketones is 1. The summed E-state index contributed by atoms with van der Waals surface area (Å²) in [4.78, 5) is 24.1. The van der Waals surface area contributed by atoms with Crippen LogP contribution in [0.4, 0.5) is 5.69 Å². The summed E-state index contributed by atoms with van der Waals surface area (Å²) in [6.07, 6.45) is 0. The molecule has 124 valence electrons. The van der Waals surface area contributed by atoms with Crippen molar-refractivity contribution >= 4 is 34.8 Å².